The van der Waals surface area contributed by atoms with E-state index in [4.69, 9.17) is 11.6 Å². The van der Waals surface area contributed by atoms with Gasteiger partial charge in [0.25, 0.3) is 5.91 Å². The molecule has 2 amide bonds. The fraction of sp³-hybridized carbons (Fsp3) is 0.300. The molecule has 2 rings (SSSR count). The summed E-state index contributed by atoms with van der Waals surface area (Å²) in [5, 5.41) is 6.06. The van der Waals surface area contributed by atoms with E-state index in [2.05, 4.69) is 10.6 Å². The van der Waals surface area contributed by atoms with E-state index in [1.807, 2.05) is 39.0 Å². The van der Waals surface area contributed by atoms with Crippen molar-refractivity contribution in [2.24, 2.45) is 0 Å². The Hall–Kier alpha value is -2.33. The maximum absolute atomic E-state index is 12.5. The van der Waals surface area contributed by atoms with Crippen LogP contribution in [-0.4, -0.2) is 11.8 Å². The Labute approximate surface area is 153 Å². The number of nitrogens with one attached hydrogen (secondary N) is 2. The van der Waals surface area contributed by atoms with E-state index in [0.29, 0.717) is 22.7 Å². The second kappa shape index (κ2) is 8.67. The minimum absolute atomic E-state index is 0.101. The van der Waals surface area contributed by atoms with Gasteiger partial charge in [0.15, 0.2) is 0 Å². The fourth-order valence-corrected chi connectivity index (χ4v) is 2.73. The van der Waals surface area contributed by atoms with Gasteiger partial charge in [0.2, 0.25) is 5.91 Å². The number of amides is 2. The molecule has 0 unspecified atom stereocenters. The van der Waals surface area contributed by atoms with Gasteiger partial charge in [-0.15, -0.1) is 0 Å². The van der Waals surface area contributed by atoms with Gasteiger partial charge < -0.3 is 10.6 Å². The molecule has 0 spiro atoms. The number of anilines is 2. The first-order valence-electron chi connectivity index (χ1n) is 8.38. The third-order valence-electron chi connectivity index (χ3n) is 3.74. The van der Waals surface area contributed by atoms with Crippen molar-refractivity contribution < 1.29 is 9.59 Å². The summed E-state index contributed by atoms with van der Waals surface area (Å²) in [5.74, 6) is -0.346. The number of carbonyl (C=O) groups excluding carboxylic acids is 2. The molecule has 0 aliphatic rings. The van der Waals surface area contributed by atoms with Gasteiger partial charge >= 0.3 is 0 Å². The normalized spacial score (nSPS) is 10.4. The summed E-state index contributed by atoms with van der Waals surface area (Å²) < 4.78 is 0. The molecule has 2 N–H and O–H groups in total. The van der Waals surface area contributed by atoms with Gasteiger partial charge in [0.1, 0.15) is 0 Å². The Morgan fingerprint density at radius 2 is 1.68 bits per heavy atom. The number of hydrogen-bond acceptors (Lipinski definition) is 2. The molecule has 0 fully saturated rings. The van der Waals surface area contributed by atoms with Crippen LogP contribution in [0, 0.1) is 13.8 Å². The van der Waals surface area contributed by atoms with Crippen molar-refractivity contribution in [2.75, 3.05) is 10.6 Å². The minimum atomic E-state index is -0.245. The van der Waals surface area contributed by atoms with Crippen molar-refractivity contribution >= 4 is 34.8 Å². The van der Waals surface area contributed by atoms with Crippen molar-refractivity contribution in [3.8, 4) is 0 Å². The lowest BCUT2D eigenvalue weighted by molar-refractivity contribution is -0.116. The smallest absolute Gasteiger partial charge is 0.255 e. The van der Waals surface area contributed by atoms with E-state index in [1.54, 1.807) is 18.2 Å². The second-order valence-corrected chi connectivity index (χ2v) is 6.58. The molecule has 0 saturated heterocycles. The highest BCUT2D eigenvalue weighted by Gasteiger charge is 2.12. The molecule has 25 heavy (non-hydrogen) atoms. The highest BCUT2D eigenvalue weighted by atomic mass is 35.5. The number of rotatable bonds is 6. The zero-order chi connectivity index (χ0) is 18.4. The summed E-state index contributed by atoms with van der Waals surface area (Å²) in [6.07, 6.45) is 2.20. The van der Waals surface area contributed by atoms with Gasteiger partial charge in [-0.05, 0) is 61.7 Å². The topological polar surface area (TPSA) is 58.2 Å². The van der Waals surface area contributed by atoms with Crippen molar-refractivity contribution in [3.05, 3.63) is 58.1 Å². The zero-order valence-electron chi connectivity index (χ0n) is 14.8. The fourth-order valence-electron chi connectivity index (χ4n) is 2.56. The van der Waals surface area contributed by atoms with Gasteiger partial charge in [-0.3, -0.25) is 9.59 Å². The number of benzene rings is 2. The van der Waals surface area contributed by atoms with E-state index < -0.39 is 0 Å². The summed E-state index contributed by atoms with van der Waals surface area (Å²) >= 11 is 6.13. The Morgan fingerprint density at radius 1 is 1.00 bits per heavy atom. The van der Waals surface area contributed by atoms with Crippen LogP contribution in [0.4, 0.5) is 11.4 Å². The Bertz CT molecular complexity index is 767. The summed E-state index contributed by atoms with van der Waals surface area (Å²) in [6.45, 7) is 5.99. The maximum atomic E-state index is 12.5. The molecule has 0 radical (unpaired) electrons. The van der Waals surface area contributed by atoms with Crippen LogP contribution in [0.2, 0.25) is 5.02 Å². The van der Waals surface area contributed by atoms with Crippen LogP contribution in [0.5, 0.6) is 0 Å². The van der Waals surface area contributed by atoms with Crippen LogP contribution >= 0.6 is 11.6 Å². The predicted octanol–water partition coefficient (Wildman–Crippen LogP) is 5.34. The van der Waals surface area contributed by atoms with Gasteiger partial charge in [-0.1, -0.05) is 31.0 Å². The minimum Gasteiger partial charge on any atom is -0.325 e. The van der Waals surface area contributed by atoms with Crippen LogP contribution in [-0.2, 0) is 4.79 Å². The van der Waals surface area contributed by atoms with Crippen molar-refractivity contribution in [1.29, 1.82) is 0 Å². The van der Waals surface area contributed by atoms with Crippen LogP contribution in [0.25, 0.3) is 0 Å². The summed E-state index contributed by atoms with van der Waals surface area (Å²) in [4.78, 5) is 24.4. The van der Waals surface area contributed by atoms with Gasteiger partial charge in [0.05, 0.1) is 10.7 Å². The predicted molar refractivity (Wildman–Crippen MR) is 103 cm³/mol. The lowest BCUT2D eigenvalue weighted by atomic mass is 10.1. The summed E-state index contributed by atoms with van der Waals surface area (Å²) in [7, 11) is 0. The molecule has 0 aliphatic carbocycles. The molecule has 0 aliphatic heterocycles. The Morgan fingerprint density at radius 3 is 2.32 bits per heavy atom. The molecule has 0 bridgehead atoms. The van der Waals surface area contributed by atoms with Crippen molar-refractivity contribution in [1.82, 2.24) is 0 Å². The molecule has 2 aromatic rings. The molecule has 5 heteroatoms. The highest BCUT2D eigenvalue weighted by Crippen LogP contribution is 2.24. The van der Waals surface area contributed by atoms with Crippen molar-refractivity contribution in [2.45, 2.75) is 40.0 Å². The number of halogens is 1. The Balaban J connectivity index is 2.14. The standard InChI is InChI=1S/C20H23ClN2O2/c1-4-5-6-19(24)23-18-12-15(7-8-17(18)21)20(25)22-16-10-13(2)9-14(3)11-16/h7-12H,4-6H2,1-3H3,(H,22,25)(H,23,24). The SMILES string of the molecule is CCCCC(=O)Nc1cc(C(=O)Nc2cc(C)cc(C)c2)ccc1Cl. The molecule has 132 valence electrons. The quantitative estimate of drug-likeness (QED) is 0.732. The van der Waals surface area contributed by atoms with Gasteiger partial charge in [-0.25, -0.2) is 0 Å². The third-order valence-corrected chi connectivity index (χ3v) is 4.07. The van der Waals surface area contributed by atoms with E-state index in [-0.39, 0.29) is 11.8 Å². The molecule has 0 atom stereocenters. The summed E-state index contributed by atoms with van der Waals surface area (Å²) in [5.41, 5.74) is 3.79. The monoisotopic (exact) mass is 358 g/mol. The highest BCUT2D eigenvalue weighted by molar-refractivity contribution is 6.34. The molecule has 0 heterocycles. The number of hydrogen-bond donors (Lipinski definition) is 2. The molecule has 2 aromatic carbocycles. The Kier molecular flexibility index (Phi) is 6.59. The lowest BCUT2D eigenvalue weighted by Gasteiger charge is -2.11. The van der Waals surface area contributed by atoms with E-state index >= 15 is 0 Å². The molecular weight excluding hydrogens is 336 g/mol. The third kappa shape index (κ3) is 5.61. The molecule has 0 aromatic heterocycles. The number of unbranched alkanes of at least 4 members (excludes halogenated alkanes) is 1. The van der Waals surface area contributed by atoms with Crippen LogP contribution in [0.1, 0.15) is 47.7 Å². The number of aryl methyl sites for hydroxylation is 2. The maximum Gasteiger partial charge on any atom is 0.255 e. The molecule has 0 saturated carbocycles. The van der Waals surface area contributed by atoms with E-state index in [1.165, 1.54) is 0 Å². The van der Waals surface area contributed by atoms with Crippen LogP contribution < -0.4 is 10.6 Å². The zero-order valence-corrected chi connectivity index (χ0v) is 15.5. The van der Waals surface area contributed by atoms with Crippen molar-refractivity contribution in [3.63, 3.8) is 0 Å². The van der Waals surface area contributed by atoms with E-state index in [9.17, 15) is 9.59 Å². The average molecular weight is 359 g/mol. The summed E-state index contributed by atoms with van der Waals surface area (Å²) in [6, 6.07) is 10.7. The van der Waals surface area contributed by atoms with Crippen LogP contribution in [0.3, 0.4) is 0 Å². The largest absolute Gasteiger partial charge is 0.325 e. The lowest BCUT2D eigenvalue weighted by Crippen LogP contribution is -2.15. The first-order valence-corrected chi connectivity index (χ1v) is 8.76. The average Bonchev–Trinajstić information content (AvgIpc) is 2.54. The van der Waals surface area contributed by atoms with Gasteiger partial charge in [-0.2, -0.15) is 0 Å². The second-order valence-electron chi connectivity index (χ2n) is 6.18. The van der Waals surface area contributed by atoms with Crippen LogP contribution in [0.15, 0.2) is 36.4 Å². The first-order chi connectivity index (χ1) is 11.9. The van der Waals surface area contributed by atoms with E-state index in [0.717, 1.165) is 29.7 Å². The number of carbonyl (C=O) groups is 2. The van der Waals surface area contributed by atoms with Gasteiger partial charge in [0, 0.05) is 17.7 Å². The molecule has 4 nitrogen and oxygen atoms in total. The molecular formula is C20H23ClN2O2. The first kappa shape index (κ1) is 19.0.